The van der Waals surface area contributed by atoms with Gasteiger partial charge in [0.25, 0.3) is 0 Å². The normalized spacial score (nSPS) is 20.5. The molecule has 0 bridgehead atoms. The van der Waals surface area contributed by atoms with E-state index in [0.29, 0.717) is 28.1 Å². The molecule has 4 rings (SSSR count). The maximum atomic E-state index is 12.8. The van der Waals surface area contributed by atoms with Gasteiger partial charge in [-0.05, 0) is 47.6 Å². The van der Waals surface area contributed by atoms with Crippen molar-refractivity contribution in [1.29, 1.82) is 0 Å². The average molecular weight is 425 g/mol. The highest BCUT2D eigenvalue weighted by atomic mass is 35.5. The minimum Gasteiger partial charge on any atom is -0.479 e. The summed E-state index contributed by atoms with van der Waals surface area (Å²) in [7, 11) is 0. The number of carbonyl (C=O) groups excluding carboxylic acids is 1. The summed E-state index contributed by atoms with van der Waals surface area (Å²) in [6.45, 7) is 6.30. The van der Waals surface area contributed by atoms with Crippen LogP contribution in [0.2, 0.25) is 5.02 Å². The number of aliphatic carboxylic acids is 1. The zero-order valence-corrected chi connectivity index (χ0v) is 18.1. The molecule has 0 aromatic heterocycles. The van der Waals surface area contributed by atoms with Gasteiger partial charge >= 0.3 is 5.97 Å². The van der Waals surface area contributed by atoms with Crippen LogP contribution in [0.3, 0.4) is 0 Å². The summed E-state index contributed by atoms with van der Waals surface area (Å²) in [5.74, 6) is -0.911. The van der Waals surface area contributed by atoms with Crippen LogP contribution in [0.15, 0.2) is 47.5 Å². The molecule has 0 spiro atoms. The lowest BCUT2D eigenvalue weighted by molar-refractivity contribution is -0.141. The SMILES string of the molecule is CC(C)(C)C1=c2ccccc2=NC1(C(=O)O)c1cc(CNC(=O)C2CC2)ccc1Cl. The molecule has 5 nitrogen and oxygen atoms in total. The second-order valence-corrected chi connectivity index (χ2v) is 9.48. The second kappa shape index (κ2) is 7.24. The van der Waals surface area contributed by atoms with Crippen molar-refractivity contribution in [2.75, 3.05) is 0 Å². The van der Waals surface area contributed by atoms with Gasteiger partial charge in [-0.25, -0.2) is 4.79 Å². The molecule has 2 N–H and O–H groups in total. The lowest BCUT2D eigenvalue weighted by atomic mass is 9.71. The molecule has 1 atom stereocenters. The van der Waals surface area contributed by atoms with E-state index in [2.05, 4.69) is 5.32 Å². The van der Waals surface area contributed by atoms with Crippen molar-refractivity contribution < 1.29 is 14.7 Å². The van der Waals surface area contributed by atoms with Crippen molar-refractivity contribution in [3.8, 4) is 0 Å². The van der Waals surface area contributed by atoms with Crippen molar-refractivity contribution in [2.45, 2.75) is 45.7 Å². The van der Waals surface area contributed by atoms with Gasteiger partial charge in [-0.15, -0.1) is 0 Å². The summed E-state index contributed by atoms with van der Waals surface area (Å²) >= 11 is 6.57. The number of halogens is 1. The molecule has 1 heterocycles. The molecule has 1 fully saturated rings. The third-order valence-electron chi connectivity index (χ3n) is 5.72. The number of hydrogen-bond acceptors (Lipinski definition) is 3. The number of carboxylic acids is 1. The van der Waals surface area contributed by atoms with Gasteiger partial charge in [0.15, 0.2) is 0 Å². The van der Waals surface area contributed by atoms with E-state index in [4.69, 9.17) is 16.6 Å². The van der Waals surface area contributed by atoms with E-state index >= 15 is 0 Å². The van der Waals surface area contributed by atoms with Crippen LogP contribution in [0.4, 0.5) is 0 Å². The van der Waals surface area contributed by atoms with Crippen LogP contribution in [0, 0.1) is 11.3 Å². The number of benzene rings is 2. The van der Waals surface area contributed by atoms with Gasteiger partial charge in [-0.3, -0.25) is 9.79 Å². The number of amides is 1. The first-order chi connectivity index (χ1) is 14.1. The van der Waals surface area contributed by atoms with E-state index in [-0.39, 0.29) is 11.8 Å². The lowest BCUT2D eigenvalue weighted by Gasteiger charge is -2.34. The summed E-state index contributed by atoms with van der Waals surface area (Å²) in [5, 5.41) is 15.2. The first-order valence-electron chi connectivity index (χ1n) is 10.1. The number of carboxylic acid groups (broad SMARTS) is 1. The Morgan fingerprint density at radius 1 is 1.20 bits per heavy atom. The zero-order chi connectivity index (χ0) is 21.7. The maximum absolute atomic E-state index is 12.8. The zero-order valence-electron chi connectivity index (χ0n) is 17.3. The molecule has 0 radical (unpaired) electrons. The highest BCUT2D eigenvalue weighted by molar-refractivity contribution is 6.32. The topological polar surface area (TPSA) is 78.8 Å². The van der Waals surface area contributed by atoms with Crippen molar-refractivity contribution in [2.24, 2.45) is 16.3 Å². The van der Waals surface area contributed by atoms with Crippen molar-refractivity contribution in [3.63, 3.8) is 0 Å². The third-order valence-corrected chi connectivity index (χ3v) is 6.05. The molecule has 1 aliphatic carbocycles. The summed E-state index contributed by atoms with van der Waals surface area (Å²) in [6.07, 6.45) is 1.86. The fourth-order valence-corrected chi connectivity index (χ4v) is 4.52. The Hall–Kier alpha value is -2.66. The van der Waals surface area contributed by atoms with Gasteiger partial charge < -0.3 is 10.4 Å². The average Bonchev–Trinajstić information content (AvgIpc) is 3.46. The Morgan fingerprint density at radius 2 is 1.90 bits per heavy atom. The Kier molecular flexibility index (Phi) is 4.97. The van der Waals surface area contributed by atoms with Gasteiger partial charge in [0.05, 0.1) is 5.36 Å². The van der Waals surface area contributed by atoms with Crippen molar-refractivity contribution in [3.05, 3.63) is 69.2 Å². The summed E-state index contributed by atoms with van der Waals surface area (Å²) in [6, 6.07) is 12.8. The second-order valence-electron chi connectivity index (χ2n) is 9.08. The molecule has 2 aliphatic rings. The smallest absolute Gasteiger partial charge is 0.340 e. The summed E-state index contributed by atoms with van der Waals surface area (Å²) in [4.78, 5) is 29.6. The number of fused-ring (bicyclic) bond motifs is 1. The Morgan fingerprint density at radius 3 is 2.53 bits per heavy atom. The summed E-state index contributed by atoms with van der Waals surface area (Å²) in [5.41, 5.74) is -0.151. The van der Waals surface area contributed by atoms with E-state index in [9.17, 15) is 14.7 Å². The number of rotatable bonds is 5. The van der Waals surface area contributed by atoms with Gasteiger partial charge in [-0.1, -0.05) is 56.6 Å². The monoisotopic (exact) mass is 424 g/mol. The molecular formula is C24H25ClN2O3. The first kappa shape index (κ1) is 20.6. The number of carbonyl (C=O) groups is 2. The minimum atomic E-state index is -1.62. The molecule has 2 aromatic carbocycles. The van der Waals surface area contributed by atoms with E-state index in [1.54, 1.807) is 12.1 Å². The van der Waals surface area contributed by atoms with Gasteiger partial charge in [-0.2, -0.15) is 0 Å². The molecule has 30 heavy (non-hydrogen) atoms. The molecule has 156 valence electrons. The predicted molar refractivity (Wildman–Crippen MR) is 115 cm³/mol. The van der Waals surface area contributed by atoms with Crippen LogP contribution in [0.5, 0.6) is 0 Å². The summed E-state index contributed by atoms with van der Waals surface area (Å²) < 4.78 is 0. The standard InChI is InChI=1S/C24H25ClN2O3/c1-23(2,3)20-16-6-4-5-7-19(16)27-24(20,22(29)30)17-12-14(8-11-18(17)25)13-26-21(28)15-9-10-15/h4-8,11-12,15H,9-10,13H2,1-3H3,(H,26,28)(H,29,30). The van der Waals surface area contributed by atoms with E-state index in [1.807, 2.05) is 51.1 Å². The van der Waals surface area contributed by atoms with Crippen LogP contribution < -0.4 is 15.9 Å². The predicted octanol–water partition coefficient (Wildman–Crippen LogP) is 3.18. The molecule has 0 saturated heterocycles. The Bertz CT molecular complexity index is 1160. The highest BCUT2D eigenvalue weighted by Gasteiger charge is 2.51. The van der Waals surface area contributed by atoms with Crippen LogP contribution in [-0.4, -0.2) is 17.0 Å². The minimum absolute atomic E-state index is 0.0411. The largest absolute Gasteiger partial charge is 0.479 e. The van der Waals surface area contributed by atoms with Gasteiger partial charge in [0.1, 0.15) is 0 Å². The first-order valence-corrected chi connectivity index (χ1v) is 10.5. The van der Waals surface area contributed by atoms with Crippen LogP contribution in [0.1, 0.15) is 44.7 Å². The molecule has 6 heteroatoms. The number of nitrogens with zero attached hydrogens (tertiary/aromatic N) is 1. The quantitative estimate of drug-likeness (QED) is 0.773. The molecule has 1 aliphatic heterocycles. The number of para-hydroxylation sites is 1. The van der Waals surface area contributed by atoms with Crippen LogP contribution in [-0.2, 0) is 21.7 Å². The Balaban J connectivity index is 1.87. The molecule has 1 amide bonds. The van der Waals surface area contributed by atoms with Crippen molar-refractivity contribution >= 4 is 29.1 Å². The molecule has 2 aromatic rings. The number of hydrogen-bond donors (Lipinski definition) is 2. The van der Waals surface area contributed by atoms with Gasteiger partial charge in [0, 0.05) is 28.3 Å². The number of nitrogens with one attached hydrogen (secondary N) is 1. The molecular weight excluding hydrogens is 400 g/mol. The fraction of sp³-hybridized carbons (Fsp3) is 0.375. The molecule has 1 saturated carbocycles. The fourth-order valence-electron chi connectivity index (χ4n) is 4.26. The van der Waals surface area contributed by atoms with Gasteiger partial charge in [0.2, 0.25) is 11.4 Å². The van der Waals surface area contributed by atoms with Crippen LogP contribution in [0.25, 0.3) is 5.57 Å². The van der Waals surface area contributed by atoms with E-state index in [1.165, 1.54) is 0 Å². The lowest BCUT2D eigenvalue weighted by Crippen LogP contribution is -2.40. The van der Waals surface area contributed by atoms with Crippen LogP contribution >= 0.6 is 11.6 Å². The Labute approximate surface area is 180 Å². The van der Waals surface area contributed by atoms with E-state index < -0.39 is 16.9 Å². The highest BCUT2D eigenvalue weighted by Crippen LogP contribution is 2.47. The van der Waals surface area contributed by atoms with E-state index in [0.717, 1.165) is 23.6 Å². The van der Waals surface area contributed by atoms with Crippen molar-refractivity contribution in [1.82, 2.24) is 5.32 Å². The maximum Gasteiger partial charge on any atom is 0.340 e. The third kappa shape index (κ3) is 3.41. The molecule has 1 unspecified atom stereocenters.